The smallest absolute Gasteiger partial charge is 0.335 e. The standard InChI is InChI=1S/C15H23NO5S/c1-5-16(11(4)9-17)22(20,21)14-8-12(15(18)19)6-7-13(14)10(2)3/h6-8,10-11,17H,5,9H2,1-4H3,(H,18,19)/t11-/m1/s1. The summed E-state index contributed by atoms with van der Waals surface area (Å²) in [7, 11) is -3.88. The van der Waals surface area contributed by atoms with Gasteiger partial charge in [-0.1, -0.05) is 26.8 Å². The lowest BCUT2D eigenvalue weighted by molar-refractivity contribution is 0.0696. The largest absolute Gasteiger partial charge is 0.478 e. The molecule has 2 N–H and O–H groups in total. The van der Waals surface area contributed by atoms with Gasteiger partial charge in [-0.3, -0.25) is 0 Å². The maximum atomic E-state index is 12.9. The molecule has 0 heterocycles. The van der Waals surface area contributed by atoms with E-state index in [-0.39, 0.29) is 29.5 Å². The van der Waals surface area contributed by atoms with Gasteiger partial charge in [0.1, 0.15) is 0 Å². The Bertz CT molecular complexity index is 639. The predicted molar refractivity (Wildman–Crippen MR) is 83.6 cm³/mol. The number of sulfonamides is 1. The highest BCUT2D eigenvalue weighted by Crippen LogP contribution is 2.28. The molecule has 22 heavy (non-hydrogen) atoms. The van der Waals surface area contributed by atoms with Gasteiger partial charge in [-0.05, 0) is 30.5 Å². The van der Waals surface area contributed by atoms with Crippen molar-refractivity contribution in [2.45, 2.75) is 44.6 Å². The molecule has 0 aliphatic carbocycles. The number of aliphatic hydroxyl groups excluding tert-OH is 1. The number of nitrogens with zero attached hydrogens (tertiary/aromatic N) is 1. The molecular weight excluding hydrogens is 306 g/mol. The normalized spacial score (nSPS) is 13.6. The summed E-state index contributed by atoms with van der Waals surface area (Å²) in [5.74, 6) is -1.25. The average molecular weight is 329 g/mol. The summed E-state index contributed by atoms with van der Waals surface area (Å²) in [6, 6.07) is 3.56. The van der Waals surface area contributed by atoms with E-state index in [0.29, 0.717) is 5.56 Å². The number of carboxylic acid groups (broad SMARTS) is 1. The van der Waals surface area contributed by atoms with Crippen LogP contribution in [0.15, 0.2) is 23.1 Å². The number of hydrogen-bond acceptors (Lipinski definition) is 4. The Balaban J connectivity index is 3.56. The van der Waals surface area contributed by atoms with Gasteiger partial charge in [0, 0.05) is 12.6 Å². The molecule has 0 aliphatic rings. The van der Waals surface area contributed by atoms with Gasteiger partial charge in [-0.25, -0.2) is 13.2 Å². The van der Waals surface area contributed by atoms with Gasteiger partial charge in [0.05, 0.1) is 17.1 Å². The summed E-state index contributed by atoms with van der Waals surface area (Å²) in [5, 5.41) is 18.4. The van der Waals surface area contributed by atoms with E-state index in [1.165, 1.54) is 16.4 Å². The van der Waals surface area contributed by atoms with Gasteiger partial charge >= 0.3 is 5.97 Å². The van der Waals surface area contributed by atoms with E-state index in [1.807, 2.05) is 13.8 Å². The molecule has 0 saturated heterocycles. The molecule has 0 bridgehead atoms. The molecule has 1 atom stereocenters. The molecule has 0 saturated carbocycles. The zero-order valence-electron chi connectivity index (χ0n) is 13.3. The first-order valence-electron chi connectivity index (χ1n) is 7.16. The topological polar surface area (TPSA) is 94.9 Å². The van der Waals surface area contributed by atoms with Crippen LogP contribution in [0, 0.1) is 0 Å². The molecule has 6 nitrogen and oxygen atoms in total. The molecular formula is C15H23NO5S. The van der Waals surface area contributed by atoms with Crippen LogP contribution < -0.4 is 0 Å². The highest BCUT2D eigenvalue weighted by atomic mass is 32.2. The third kappa shape index (κ3) is 3.66. The van der Waals surface area contributed by atoms with Crippen LogP contribution in [-0.2, 0) is 10.0 Å². The summed E-state index contributed by atoms with van der Waals surface area (Å²) in [4.78, 5) is 11.1. The fourth-order valence-corrected chi connectivity index (χ4v) is 4.31. The molecule has 1 rings (SSSR count). The number of aromatic carboxylic acids is 1. The van der Waals surface area contributed by atoms with Gasteiger partial charge < -0.3 is 10.2 Å². The first-order chi connectivity index (χ1) is 10.2. The molecule has 0 aliphatic heterocycles. The molecule has 0 amide bonds. The Morgan fingerprint density at radius 3 is 2.27 bits per heavy atom. The van der Waals surface area contributed by atoms with Gasteiger partial charge in [-0.2, -0.15) is 4.31 Å². The molecule has 0 aromatic heterocycles. The van der Waals surface area contributed by atoms with Gasteiger partial charge in [0.15, 0.2) is 0 Å². The van der Waals surface area contributed by atoms with Crippen LogP contribution in [0.3, 0.4) is 0 Å². The zero-order valence-corrected chi connectivity index (χ0v) is 14.1. The minimum absolute atomic E-state index is 0.00968. The van der Waals surface area contributed by atoms with Crippen LogP contribution in [0.2, 0.25) is 0 Å². The minimum atomic E-state index is -3.88. The molecule has 0 radical (unpaired) electrons. The van der Waals surface area contributed by atoms with Crippen molar-refractivity contribution in [3.05, 3.63) is 29.3 Å². The Morgan fingerprint density at radius 1 is 1.27 bits per heavy atom. The summed E-state index contributed by atoms with van der Waals surface area (Å²) in [6.45, 7) is 6.87. The number of likely N-dealkylation sites (N-methyl/N-ethyl adjacent to an activating group) is 1. The number of carbonyl (C=O) groups is 1. The first kappa shape index (κ1) is 18.6. The second-order valence-corrected chi connectivity index (χ2v) is 7.31. The lowest BCUT2D eigenvalue weighted by Crippen LogP contribution is -2.40. The van der Waals surface area contributed by atoms with E-state index in [4.69, 9.17) is 5.11 Å². The maximum Gasteiger partial charge on any atom is 0.335 e. The number of aliphatic hydroxyl groups is 1. The highest BCUT2D eigenvalue weighted by molar-refractivity contribution is 7.89. The third-order valence-electron chi connectivity index (χ3n) is 3.54. The molecule has 0 fully saturated rings. The fraction of sp³-hybridized carbons (Fsp3) is 0.533. The molecule has 124 valence electrons. The van der Waals surface area contributed by atoms with Crippen molar-refractivity contribution in [1.82, 2.24) is 4.31 Å². The van der Waals surface area contributed by atoms with Crippen LogP contribution in [0.4, 0.5) is 0 Å². The third-order valence-corrected chi connectivity index (χ3v) is 5.68. The highest BCUT2D eigenvalue weighted by Gasteiger charge is 2.30. The molecule has 1 aromatic carbocycles. The van der Waals surface area contributed by atoms with Crippen molar-refractivity contribution in [2.24, 2.45) is 0 Å². The molecule has 0 unspecified atom stereocenters. The van der Waals surface area contributed by atoms with Crippen LogP contribution >= 0.6 is 0 Å². The SMILES string of the molecule is CCN([C@H](C)CO)S(=O)(=O)c1cc(C(=O)O)ccc1C(C)C. The Morgan fingerprint density at radius 2 is 1.86 bits per heavy atom. The van der Waals surface area contributed by atoms with Crippen molar-refractivity contribution >= 4 is 16.0 Å². The summed E-state index contributed by atoms with van der Waals surface area (Å²) < 4.78 is 27.0. The lowest BCUT2D eigenvalue weighted by Gasteiger charge is -2.27. The quantitative estimate of drug-likeness (QED) is 0.796. The van der Waals surface area contributed by atoms with E-state index in [1.54, 1.807) is 19.9 Å². The first-order valence-corrected chi connectivity index (χ1v) is 8.60. The van der Waals surface area contributed by atoms with Gasteiger partial charge in [0.2, 0.25) is 10.0 Å². The van der Waals surface area contributed by atoms with E-state index in [9.17, 15) is 18.3 Å². The monoisotopic (exact) mass is 329 g/mol. The lowest BCUT2D eigenvalue weighted by atomic mass is 10.0. The average Bonchev–Trinajstić information content (AvgIpc) is 2.46. The minimum Gasteiger partial charge on any atom is -0.478 e. The Hall–Kier alpha value is -1.44. The zero-order chi connectivity index (χ0) is 17.1. The molecule has 0 spiro atoms. The van der Waals surface area contributed by atoms with Gasteiger partial charge in [-0.15, -0.1) is 0 Å². The van der Waals surface area contributed by atoms with Crippen molar-refractivity contribution in [3.63, 3.8) is 0 Å². The summed E-state index contributed by atoms with van der Waals surface area (Å²) in [6.07, 6.45) is 0. The number of hydrogen-bond donors (Lipinski definition) is 2. The maximum absolute atomic E-state index is 12.9. The van der Waals surface area contributed by atoms with Crippen molar-refractivity contribution in [1.29, 1.82) is 0 Å². The van der Waals surface area contributed by atoms with Crippen molar-refractivity contribution in [2.75, 3.05) is 13.2 Å². The van der Waals surface area contributed by atoms with Crippen molar-refractivity contribution in [3.8, 4) is 0 Å². The van der Waals surface area contributed by atoms with Crippen LogP contribution in [0.25, 0.3) is 0 Å². The van der Waals surface area contributed by atoms with Gasteiger partial charge in [0.25, 0.3) is 0 Å². The second-order valence-electron chi connectivity index (χ2n) is 5.45. The second kappa shape index (κ2) is 7.21. The Kier molecular flexibility index (Phi) is 6.10. The van der Waals surface area contributed by atoms with Crippen LogP contribution in [0.5, 0.6) is 0 Å². The number of rotatable bonds is 7. The predicted octanol–water partition coefficient (Wildman–Crippen LogP) is 1.90. The molecule has 7 heteroatoms. The fourth-order valence-electron chi connectivity index (χ4n) is 2.30. The van der Waals surface area contributed by atoms with E-state index in [2.05, 4.69) is 0 Å². The van der Waals surface area contributed by atoms with Crippen molar-refractivity contribution < 1.29 is 23.4 Å². The summed E-state index contributed by atoms with van der Waals surface area (Å²) in [5.41, 5.74) is 0.490. The number of benzene rings is 1. The number of carboxylic acids is 1. The van der Waals surface area contributed by atoms with E-state index < -0.39 is 22.0 Å². The molecule has 1 aromatic rings. The van der Waals surface area contributed by atoms with E-state index >= 15 is 0 Å². The van der Waals surface area contributed by atoms with Crippen LogP contribution in [0.1, 0.15) is 49.5 Å². The Labute approximate surface area is 131 Å². The summed E-state index contributed by atoms with van der Waals surface area (Å²) >= 11 is 0. The van der Waals surface area contributed by atoms with E-state index in [0.717, 1.165) is 0 Å². The van der Waals surface area contributed by atoms with Crippen LogP contribution in [-0.4, -0.2) is 48.1 Å².